The predicted octanol–water partition coefficient (Wildman–Crippen LogP) is 3.11. The molecule has 14 heavy (non-hydrogen) atoms. The van der Waals surface area contributed by atoms with Gasteiger partial charge in [-0.15, -0.1) is 0 Å². The first-order chi connectivity index (χ1) is 6.65. The van der Waals surface area contributed by atoms with E-state index in [0.29, 0.717) is 0 Å². The Hall–Kier alpha value is -0.740. The Bertz CT molecular complexity index is 344. The molecule has 3 nitrogen and oxygen atoms in total. The molecule has 0 aromatic heterocycles. The molecule has 0 bridgehead atoms. The quantitative estimate of drug-likeness (QED) is 0.492. The van der Waals surface area contributed by atoms with Gasteiger partial charge in [-0.2, -0.15) is 12.6 Å². The van der Waals surface area contributed by atoms with Crippen molar-refractivity contribution < 1.29 is 4.92 Å². The molecular weight excluding hydrogens is 222 g/mol. The second kappa shape index (κ2) is 5.22. The van der Waals surface area contributed by atoms with Crippen LogP contribution in [-0.4, -0.2) is 10.7 Å². The lowest BCUT2D eigenvalue weighted by molar-refractivity contribution is -0.384. The molecule has 76 valence electrons. The minimum atomic E-state index is -0.466. The lowest BCUT2D eigenvalue weighted by Crippen LogP contribution is -1.92. The molecule has 0 unspecified atom stereocenters. The molecule has 0 aliphatic heterocycles. The number of aryl methyl sites for hydroxylation is 1. The summed E-state index contributed by atoms with van der Waals surface area (Å²) in [7, 11) is 0. The number of nitro benzene ring substituents is 1. The molecule has 0 aliphatic carbocycles. The summed E-state index contributed by atoms with van der Waals surface area (Å²) in [5.41, 5.74) is 0.901. The highest BCUT2D eigenvalue weighted by Crippen LogP contribution is 2.25. The summed E-state index contributed by atoms with van der Waals surface area (Å²) in [6, 6.07) is 4.89. The Morgan fingerprint density at radius 3 is 2.79 bits per heavy atom. The fourth-order valence-electron chi connectivity index (χ4n) is 1.14. The number of hydrogen-bond donors (Lipinski definition) is 1. The molecule has 0 amide bonds. The van der Waals surface area contributed by atoms with E-state index in [9.17, 15) is 10.1 Å². The maximum atomic E-state index is 10.6. The van der Waals surface area contributed by atoms with Gasteiger partial charge in [0.15, 0.2) is 0 Å². The standard InChI is InChI=1S/C9H10ClNO2S/c10-8-4-3-7(2-1-5-14)6-9(8)11(12)13/h3-4,6,14H,1-2,5H2. The molecule has 0 saturated heterocycles. The van der Waals surface area contributed by atoms with E-state index in [0.717, 1.165) is 24.2 Å². The Morgan fingerprint density at radius 2 is 2.21 bits per heavy atom. The second-order valence-corrected chi connectivity index (χ2v) is 3.72. The third-order valence-corrected chi connectivity index (χ3v) is 2.47. The van der Waals surface area contributed by atoms with Gasteiger partial charge in [0.1, 0.15) is 5.02 Å². The van der Waals surface area contributed by atoms with Crippen molar-refractivity contribution in [3.05, 3.63) is 38.9 Å². The summed E-state index contributed by atoms with van der Waals surface area (Å²) in [4.78, 5) is 10.1. The second-order valence-electron chi connectivity index (χ2n) is 2.87. The van der Waals surface area contributed by atoms with Crippen LogP contribution in [0.2, 0.25) is 5.02 Å². The molecule has 0 radical (unpaired) electrons. The molecule has 0 heterocycles. The molecule has 0 N–H and O–H groups in total. The summed E-state index contributed by atoms with van der Waals surface area (Å²) in [5.74, 6) is 0.774. The molecule has 0 aliphatic rings. The molecule has 0 atom stereocenters. The van der Waals surface area contributed by atoms with Gasteiger partial charge in [-0.05, 0) is 30.2 Å². The lowest BCUT2D eigenvalue weighted by Gasteiger charge is -2.00. The average molecular weight is 232 g/mol. The van der Waals surface area contributed by atoms with Gasteiger partial charge < -0.3 is 0 Å². The van der Waals surface area contributed by atoms with Crippen LogP contribution in [0.3, 0.4) is 0 Å². The highest BCUT2D eigenvalue weighted by molar-refractivity contribution is 7.80. The number of halogens is 1. The molecule has 1 aromatic carbocycles. The first kappa shape index (κ1) is 11.3. The summed E-state index contributed by atoms with van der Waals surface area (Å²) in [6.45, 7) is 0. The van der Waals surface area contributed by atoms with Crippen LogP contribution in [0.25, 0.3) is 0 Å². The van der Waals surface area contributed by atoms with Crippen molar-refractivity contribution in [1.82, 2.24) is 0 Å². The van der Waals surface area contributed by atoms with E-state index in [-0.39, 0.29) is 10.7 Å². The maximum Gasteiger partial charge on any atom is 0.288 e. The minimum absolute atomic E-state index is 0.0247. The van der Waals surface area contributed by atoms with Gasteiger partial charge in [0.25, 0.3) is 5.69 Å². The van der Waals surface area contributed by atoms with Crippen molar-refractivity contribution >= 4 is 29.9 Å². The number of hydrogen-bond acceptors (Lipinski definition) is 3. The zero-order valence-corrected chi connectivity index (χ0v) is 9.09. The normalized spacial score (nSPS) is 10.1. The van der Waals surface area contributed by atoms with Crippen LogP contribution in [0.15, 0.2) is 18.2 Å². The molecular formula is C9H10ClNO2S. The van der Waals surface area contributed by atoms with Crippen molar-refractivity contribution in [2.45, 2.75) is 12.8 Å². The van der Waals surface area contributed by atoms with Crippen molar-refractivity contribution in [3.63, 3.8) is 0 Å². The number of nitrogens with zero attached hydrogens (tertiary/aromatic N) is 1. The zero-order valence-electron chi connectivity index (χ0n) is 7.44. The molecule has 0 saturated carbocycles. The smallest absolute Gasteiger partial charge is 0.258 e. The number of rotatable bonds is 4. The van der Waals surface area contributed by atoms with Crippen molar-refractivity contribution in [2.24, 2.45) is 0 Å². The van der Waals surface area contributed by atoms with Crippen LogP contribution >= 0.6 is 24.2 Å². The summed E-state index contributed by atoms with van der Waals surface area (Å²) >= 11 is 9.75. The zero-order chi connectivity index (χ0) is 10.6. The van der Waals surface area contributed by atoms with Gasteiger partial charge in [-0.25, -0.2) is 0 Å². The van der Waals surface area contributed by atoms with Crippen molar-refractivity contribution in [2.75, 3.05) is 5.75 Å². The third-order valence-electron chi connectivity index (χ3n) is 1.83. The third kappa shape index (κ3) is 2.89. The topological polar surface area (TPSA) is 43.1 Å². The molecule has 1 aromatic rings. The summed E-state index contributed by atoms with van der Waals surface area (Å²) in [5, 5.41) is 10.7. The fourth-order valence-corrected chi connectivity index (χ4v) is 1.48. The Labute approximate surface area is 92.6 Å². The van der Waals surface area contributed by atoms with Crippen LogP contribution in [0.5, 0.6) is 0 Å². The van der Waals surface area contributed by atoms with Gasteiger partial charge in [0, 0.05) is 6.07 Å². The lowest BCUT2D eigenvalue weighted by atomic mass is 10.1. The van der Waals surface area contributed by atoms with Gasteiger partial charge in [0.2, 0.25) is 0 Å². The van der Waals surface area contributed by atoms with E-state index in [4.69, 9.17) is 11.6 Å². The Balaban J connectivity index is 2.89. The predicted molar refractivity (Wildman–Crippen MR) is 60.3 cm³/mol. The van der Waals surface area contributed by atoms with E-state index in [1.807, 2.05) is 0 Å². The minimum Gasteiger partial charge on any atom is -0.258 e. The van der Waals surface area contributed by atoms with Crippen LogP contribution in [0, 0.1) is 10.1 Å². The molecule has 0 fully saturated rings. The SMILES string of the molecule is O=[N+]([O-])c1cc(CCCS)ccc1Cl. The van der Waals surface area contributed by atoms with Crippen LogP contribution < -0.4 is 0 Å². The van der Waals surface area contributed by atoms with E-state index in [2.05, 4.69) is 12.6 Å². The summed E-state index contributed by atoms with van der Waals surface area (Å²) < 4.78 is 0. The van der Waals surface area contributed by atoms with Crippen LogP contribution in [-0.2, 0) is 6.42 Å². The average Bonchev–Trinajstić information content (AvgIpc) is 2.16. The van der Waals surface area contributed by atoms with Crippen LogP contribution in [0.4, 0.5) is 5.69 Å². The van der Waals surface area contributed by atoms with Crippen molar-refractivity contribution in [3.8, 4) is 0 Å². The van der Waals surface area contributed by atoms with Gasteiger partial charge in [-0.3, -0.25) is 10.1 Å². The molecule has 5 heteroatoms. The monoisotopic (exact) mass is 231 g/mol. The first-order valence-corrected chi connectivity index (χ1v) is 5.20. The largest absolute Gasteiger partial charge is 0.288 e. The van der Waals surface area contributed by atoms with E-state index >= 15 is 0 Å². The van der Waals surface area contributed by atoms with Gasteiger partial charge in [0.05, 0.1) is 4.92 Å². The number of thiol groups is 1. The van der Waals surface area contributed by atoms with Gasteiger partial charge in [-0.1, -0.05) is 17.7 Å². The molecule has 1 rings (SSSR count). The number of benzene rings is 1. The van der Waals surface area contributed by atoms with E-state index < -0.39 is 4.92 Å². The summed E-state index contributed by atoms with van der Waals surface area (Å²) in [6.07, 6.45) is 1.70. The van der Waals surface area contributed by atoms with Crippen molar-refractivity contribution in [1.29, 1.82) is 0 Å². The van der Waals surface area contributed by atoms with E-state index in [1.54, 1.807) is 12.1 Å². The molecule has 0 spiro atoms. The Morgan fingerprint density at radius 1 is 1.50 bits per heavy atom. The van der Waals surface area contributed by atoms with Gasteiger partial charge >= 0.3 is 0 Å². The fraction of sp³-hybridized carbons (Fsp3) is 0.333. The Kier molecular flexibility index (Phi) is 4.22. The maximum absolute atomic E-state index is 10.6. The highest BCUT2D eigenvalue weighted by atomic mass is 35.5. The number of nitro groups is 1. The van der Waals surface area contributed by atoms with E-state index in [1.165, 1.54) is 6.07 Å². The highest BCUT2D eigenvalue weighted by Gasteiger charge is 2.11. The van der Waals surface area contributed by atoms with Crippen LogP contribution in [0.1, 0.15) is 12.0 Å². The first-order valence-electron chi connectivity index (χ1n) is 4.19.